The van der Waals surface area contributed by atoms with Crippen molar-refractivity contribution >= 4 is 29.7 Å². The summed E-state index contributed by atoms with van der Waals surface area (Å²) in [5.74, 6) is -0.319. The van der Waals surface area contributed by atoms with E-state index < -0.39 is 53.6 Å². The van der Waals surface area contributed by atoms with Crippen LogP contribution < -0.4 is 11.2 Å². The molecule has 3 unspecified atom stereocenters. The van der Waals surface area contributed by atoms with E-state index in [4.69, 9.17) is 18.9 Å². The fourth-order valence-electron chi connectivity index (χ4n) is 3.68. The predicted octanol–water partition coefficient (Wildman–Crippen LogP) is 0.0810. The summed E-state index contributed by atoms with van der Waals surface area (Å²) in [5.41, 5.74) is -1.20. The van der Waals surface area contributed by atoms with Gasteiger partial charge in [-0.1, -0.05) is 0 Å². The Bertz CT molecular complexity index is 966. The number of hydrogen-bond acceptors (Lipinski definition) is 10. The topological polar surface area (TPSA) is 143 Å². The number of carbonyl (C=O) groups is 3. The predicted molar refractivity (Wildman–Crippen MR) is 108 cm³/mol. The maximum atomic E-state index is 12.6. The molecule has 11 nitrogen and oxygen atoms in total. The summed E-state index contributed by atoms with van der Waals surface area (Å²) in [7, 11) is 0. The van der Waals surface area contributed by atoms with E-state index in [0.29, 0.717) is 0 Å². The van der Waals surface area contributed by atoms with Crippen LogP contribution in [0.4, 0.5) is 0 Å². The zero-order valence-corrected chi connectivity index (χ0v) is 18.1. The molecule has 12 heteroatoms. The molecule has 2 aliphatic rings. The lowest BCUT2D eigenvalue weighted by Gasteiger charge is -2.23. The number of ether oxygens (including phenoxy) is 4. The largest absolute Gasteiger partial charge is 0.463 e. The van der Waals surface area contributed by atoms with Crippen molar-refractivity contribution in [3.63, 3.8) is 0 Å². The second-order valence-electron chi connectivity index (χ2n) is 7.31. The van der Waals surface area contributed by atoms with Gasteiger partial charge in [0.2, 0.25) is 0 Å². The van der Waals surface area contributed by atoms with Gasteiger partial charge < -0.3 is 18.9 Å². The molecule has 0 bridgehead atoms. The Labute approximate surface area is 181 Å². The van der Waals surface area contributed by atoms with Crippen LogP contribution >= 0.6 is 11.8 Å². The summed E-state index contributed by atoms with van der Waals surface area (Å²) >= 11 is 1.70. The number of nitrogens with zero attached hydrogens (tertiary/aromatic N) is 1. The average Bonchev–Trinajstić information content (AvgIpc) is 3.29. The Balaban J connectivity index is 2.02. The minimum absolute atomic E-state index is 0.0465. The van der Waals surface area contributed by atoms with Crippen molar-refractivity contribution in [2.45, 2.75) is 57.6 Å². The maximum Gasteiger partial charge on any atom is 0.328 e. The third kappa shape index (κ3) is 5.37. The van der Waals surface area contributed by atoms with Crippen LogP contribution in [0.15, 0.2) is 15.8 Å². The lowest BCUT2D eigenvalue weighted by molar-refractivity contribution is -0.165. The summed E-state index contributed by atoms with van der Waals surface area (Å²) in [6.45, 7) is 3.27. The van der Waals surface area contributed by atoms with E-state index in [9.17, 15) is 24.0 Å². The molecule has 0 spiro atoms. The number of aromatic amines is 1. The molecule has 0 aliphatic carbocycles. The summed E-state index contributed by atoms with van der Waals surface area (Å²) in [4.78, 5) is 61.9. The molecule has 0 aromatic carbocycles. The van der Waals surface area contributed by atoms with E-state index in [1.165, 1.54) is 31.5 Å². The van der Waals surface area contributed by atoms with Crippen LogP contribution in [0.25, 0.3) is 0 Å². The minimum atomic E-state index is -1.17. The van der Waals surface area contributed by atoms with E-state index in [1.54, 1.807) is 11.8 Å². The SMILES string of the molecule is CC(=O)OC[C@H]1O[C@@H](c2cn(C3CCSC3)c(=O)[nH]c2=O)C(OC(C)=O)C1OC(C)=O. The molecule has 3 rings (SSSR count). The molecular weight excluding hydrogens is 432 g/mol. The molecule has 2 fully saturated rings. The highest BCUT2D eigenvalue weighted by Gasteiger charge is 2.51. The maximum absolute atomic E-state index is 12.6. The Kier molecular flexibility index (Phi) is 7.21. The number of aromatic nitrogens is 2. The van der Waals surface area contributed by atoms with E-state index in [1.807, 2.05) is 0 Å². The molecular formula is C19H24N2O9S. The summed E-state index contributed by atoms with van der Waals surface area (Å²) in [6, 6.07) is -0.0946. The van der Waals surface area contributed by atoms with Crippen LogP contribution in [0, 0.1) is 0 Å². The van der Waals surface area contributed by atoms with Gasteiger partial charge in [-0.15, -0.1) is 0 Å². The highest BCUT2D eigenvalue weighted by Crippen LogP contribution is 2.37. The van der Waals surface area contributed by atoms with Gasteiger partial charge >= 0.3 is 23.6 Å². The number of nitrogens with one attached hydrogen (secondary N) is 1. The monoisotopic (exact) mass is 456 g/mol. The Hall–Kier alpha value is -2.60. The van der Waals surface area contributed by atoms with Gasteiger partial charge in [-0.05, 0) is 12.2 Å². The third-order valence-corrected chi connectivity index (χ3v) is 6.11. The van der Waals surface area contributed by atoms with Crippen LogP contribution in [-0.2, 0) is 33.3 Å². The third-order valence-electron chi connectivity index (χ3n) is 4.97. The van der Waals surface area contributed by atoms with Crippen molar-refractivity contribution in [3.8, 4) is 0 Å². The molecule has 1 aromatic rings. The number of thioether (sulfide) groups is 1. The molecule has 2 aliphatic heterocycles. The first-order valence-corrected chi connectivity index (χ1v) is 10.9. The van der Waals surface area contributed by atoms with Gasteiger partial charge in [-0.25, -0.2) is 4.79 Å². The van der Waals surface area contributed by atoms with Gasteiger partial charge in [0.05, 0.1) is 5.56 Å². The smallest absolute Gasteiger partial charge is 0.328 e. The van der Waals surface area contributed by atoms with Crippen LogP contribution in [0.1, 0.15) is 44.9 Å². The number of H-pyrrole nitrogens is 1. The first-order valence-electron chi connectivity index (χ1n) is 9.73. The lowest BCUT2D eigenvalue weighted by Crippen LogP contribution is -2.41. The fourth-order valence-corrected chi connectivity index (χ4v) is 4.89. The summed E-state index contributed by atoms with van der Waals surface area (Å²) in [6.07, 6.45) is -2.25. The second-order valence-corrected chi connectivity index (χ2v) is 8.46. The first kappa shape index (κ1) is 23.1. The van der Waals surface area contributed by atoms with Crippen molar-refractivity contribution in [2.24, 2.45) is 0 Å². The highest BCUT2D eigenvalue weighted by molar-refractivity contribution is 7.99. The zero-order chi connectivity index (χ0) is 22.7. The molecule has 31 heavy (non-hydrogen) atoms. The van der Waals surface area contributed by atoms with Gasteiger partial charge in [-0.3, -0.25) is 28.7 Å². The molecule has 1 aromatic heterocycles. The zero-order valence-electron chi connectivity index (χ0n) is 17.3. The van der Waals surface area contributed by atoms with E-state index in [0.717, 1.165) is 17.9 Å². The first-order chi connectivity index (χ1) is 14.7. The molecule has 0 amide bonds. The lowest BCUT2D eigenvalue weighted by atomic mass is 10.0. The molecule has 2 saturated heterocycles. The number of carbonyl (C=O) groups excluding carboxylic acids is 3. The van der Waals surface area contributed by atoms with Crippen molar-refractivity contribution in [2.75, 3.05) is 18.1 Å². The minimum Gasteiger partial charge on any atom is -0.463 e. The molecule has 5 atom stereocenters. The van der Waals surface area contributed by atoms with Gasteiger partial charge in [-0.2, -0.15) is 11.8 Å². The number of hydrogen-bond donors (Lipinski definition) is 1. The van der Waals surface area contributed by atoms with Crippen molar-refractivity contribution in [1.82, 2.24) is 9.55 Å². The van der Waals surface area contributed by atoms with Crippen LogP contribution in [0.3, 0.4) is 0 Å². The summed E-state index contributed by atoms with van der Waals surface area (Å²) < 4.78 is 23.0. The van der Waals surface area contributed by atoms with Gasteiger partial charge in [0.15, 0.2) is 12.2 Å². The normalized spacial score (nSPS) is 27.6. The average molecular weight is 456 g/mol. The quantitative estimate of drug-likeness (QED) is 0.462. The standard InChI is InChI=1S/C19H24N2O9S/c1-9(22)27-7-14-16(28-10(2)23)17(29-11(3)24)15(30-14)13-6-21(12-4-5-31-8-12)19(26)20-18(13)25/h6,12,14-17H,4-5,7-8H2,1-3H3,(H,20,25,26)/t12?,14-,15+,16?,17?/m1/s1. The molecule has 1 N–H and O–H groups in total. The molecule has 0 radical (unpaired) electrons. The number of rotatable bonds is 6. The van der Waals surface area contributed by atoms with Crippen molar-refractivity contribution in [3.05, 3.63) is 32.6 Å². The van der Waals surface area contributed by atoms with Crippen LogP contribution in [-0.4, -0.2) is 63.9 Å². The number of esters is 3. The van der Waals surface area contributed by atoms with E-state index >= 15 is 0 Å². The highest BCUT2D eigenvalue weighted by atomic mass is 32.2. The molecule has 170 valence electrons. The van der Waals surface area contributed by atoms with Crippen molar-refractivity contribution in [1.29, 1.82) is 0 Å². The van der Waals surface area contributed by atoms with Gasteiger partial charge in [0.1, 0.15) is 18.8 Å². The fraction of sp³-hybridized carbons (Fsp3) is 0.632. The summed E-state index contributed by atoms with van der Waals surface area (Å²) in [5, 5.41) is 0. The molecule has 3 heterocycles. The Morgan fingerprint density at radius 2 is 1.81 bits per heavy atom. The second kappa shape index (κ2) is 9.69. The van der Waals surface area contributed by atoms with Crippen LogP contribution in [0.2, 0.25) is 0 Å². The molecule has 0 saturated carbocycles. The van der Waals surface area contributed by atoms with Crippen molar-refractivity contribution < 1.29 is 33.3 Å². The van der Waals surface area contributed by atoms with Gasteiger partial charge in [0, 0.05) is 38.8 Å². The van der Waals surface area contributed by atoms with E-state index in [2.05, 4.69) is 4.98 Å². The van der Waals surface area contributed by atoms with Gasteiger partial charge in [0.25, 0.3) is 5.56 Å². The Morgan fingerprint density at radius 1 is 1.13 bits per heavy atom. The Morgan fingerprint density at radius 3 is 2.39 bits per heavy atom. The van der Waals surface area contributed by atoms with Crippen LogP contribution in [0.5, 0.6) is 0 Å². The van der Waals surface area contributed by atoms with E-state index in [-0.39, 0.29) is 18.2 Å².